The Hall–Kier alpha value is -0.0800. The van der Waals surface area contributed by atoms with E-state index in [2.05, 4.69) is 15.9 Å². The Bertz CT molecular complexity index is 345. The Labute approximate surface area is 96.6 Å². The van der Waals surface area contributed by atoms with Gasteiger partial charge in [0.1, 0.15) is 5.82 Å². The third-order valence-electron chi connectivity index (χ3n) is 2.86. The molecule has 0 N–H and O–H groups in total. The fourth-order valence-electron chi connectivity index (χ4n) is 2.09. The zero-order valence-corrected chi connectivity index (χ0v) is 10.0. The second-order valence-electron chi connectivity index (χ2n) is 3.75. The normalized spacial score (nSPS) is 17.6. The van der Waals surface area contributed by atoms with Gasteiger partial charge in [-0.2, -0.15) is 0 Å². The van der Waals surface area contributed by atoms with E-state index in [4.69, 9.17) is 11.6 Å². The van der Waals surface area contributed by atoms with Gasteiger partial charge in [-0.1, -0.05) is 30.5 Å². The van der Waals surface area contributed by atoms with E-state index in [9.17, 15) is 4.39 Å². The minimum atomic E-state index is -0.176. The maximum atomic E-state index is 13.8. The van der Waals surface area contributed by atoms with Gasteiger partial charge in [0.25, 0.3) is 0 Å². The summed E-state index contributed by atoms with van der Waals surface area (Å²) >= 11 is 8.98. The van der Waals surface area contributed by atoms with E-state index in [-0.39, 0.29) is 5.82 Å². The van der Waals surface area contributed by atoms with Crippen LogP contribution < -0.4 is 0 Å². The van der Waals surface area contributed by atoms with Crippen LogP contribution in [0.2, 0.25) is 5.02 Å². The van der Waals surface area contributed by atoms with E-state index in [1.54, 1.807) is 6.07 Å². The Morgan fingerprint density at radius 1 is 1.29 bits per heavy atom. The molecule has 0 unspecified atom stereocenters. The standard InChI is InChI=1S/C11H11BrClF/c12-10-9(13)6-5-8(11(10)14)7-3-1-2-4-7/h5-7H,1-4H2. The highest BCUT2D eigenvalue weighted by Crippen LogP contribution is 2.38. The highest BCUT2D eigenvalue weighted by molar-refractivity contribution is 9.10. The summed E-state index contributed by atoms with van der Waals surface area (Å²) in [4.78, 5) is 0. The topological polar surface area (TPSA) is 0 Å². The Kier molecular flexibility index (Phi) is 3.13. The molecule has 76 valence electrons. The zero-order chi connectivity index (χ0) is 10.1. The quantitative estimate of drug-likeness (QED) is 0.641. The van der Waals surface area contributed by atoms with E-state index >= 15 is 0 Å². The second kappa shape index (κ2) is 4.19. The van der Waals surface area contributed by atoms with Gasteiger partial charge in [0.05, 0.1) is 9.50 Å². The van der Waals surface area contributed by atoms with Crippen LogP contribution in [0.25, 0.3) is 0 Å². The van der Waals surface area contributed by atoms with Gasteiger partial charge in [0.15, 0.2) is 0 Å². The molecule has 0 bridgehead atoms. The molecule has 1 saturated carbocycles. The lowest BCUT2D eigenvalue weighted by Crippen LogP contribution is -1.97. The highest BCUT2D eigenvalue weighted by atomic mass is 79.9. The number of halogens is 3. The van der Waals surface area contributed by atoms with Gasteiger partial charge in [-0.15, -0.1) is 0 Å². The van der Waals surface area contributed by atoms with Crippen LogP contribution in [0.3, 0.4) is 0 Å². The molecule has 1 aliphatic carbocycles. The summed E-state index contributed by atoms with van der Waals surface area (Å²) in [5.41, 5.74) is 0.818. The Morgan fingerprint density at radius 2 is 1.93 bits per heavy atom. The average Bonchev–Trinajstić information content (AvgIpc) is 2.67. The maximum Gasteiger partial charge on any atom is 0.142 e. The van der Waals surface area contributed by atoms with E-state index in [0.29, 0.717) is 15.4 Å². The van der Waals surface area contributed by atoms with Crippen molar-refractivity contribution in [3.63, 3.8) is 0 Å². The zero-order valence-electron chi connectivity index (χ0n) is 7.69. The summed E-state index contributed by atoms with van der Waals surface area (Å²) < 4.78 is 14.2. The van der Waals surface area contributed by atoms with Crippen LogP contribution in [0.4, 0.5) is 4.39 Å². The van der Waals surface area contributed by atoms with Gasteiger partial charge < -0.3 is 0 Å². The first-order valence-electron chi connectivity index (χ1n) is 4.83. The molecule has 3 heteroatoms. The summed E-state index contributed by atoms with van der Waals surface area (Å²) in [6, 6.07) is 3.58. The van der Waals surface area contributed by atoms with Crippen LogP contribution in [-0.2, 0) is 0 Å². The van der Waals surface area contributed by atoms with Crippen molar-refractivity contribution >= 4 is 27.5 Å². The molecule has 0 amide bonds. The third-order valence-corrected chi connectivity index (χ3v) is 4.18. The molecular formula is C11H11BrClF. The van der Waals surface area contributed by atoms with E-state index in [1.807, 2.05) is 6.07 Å². The fraction of sp³-hybridized carbons (Fsp3) is 0.455. The van der Waals surface area contributed by atoms with Gasteiger partial charge in [-0.25, -0.2) is 4.39 Å². The number of rotatable bonds is 1. The summed E-state index contributed by atoms with van der Waals surface area (Å²) in [6.07, 6.45) is 4.63. The van der Waals surface area contributed by atoms with Crippen LogP contribution in [0.1, 0.15) is 37.2 Å². The minimum absolute atomic E-state index is 0.176. The van der Waals surface area contributed by atoms with Crippen molar-refractivity contribution in [3.8, 4) is 0 Å². The molecule has 0 aromatic heterocycles. The fourth-order valence-corrected chi connectivity index (χ4v) is 2.60. The number of hydrogen-bond donors (Lipinski definition) is 0. The summed E-state index contributed by atoms with van der Waals surface area (Å²) in [7, 11) is 0. The van der Waals surface area contributed by atoms with Crippen LogP contribution in [0.15, 0.2) is 16.6 Å². The summed E-state index contributed by atoms with van der Waals surface area (Å²) in [5.74, 6) is 0.216. The molecule has 14 heavy (non-hydrogen) atoms. The van der Waals surface area contributed by atoms with Crippen molar-refractivity contribution in [2.75, 3.05) is 0 Å². The highest BCUT2D eigenvalue weighted by Gasteiger charge is 2.22. The van der Waals surface area contributed by atoms with Gasteiger partial charge in [-0.05, 0) is 46.3 Å². The molecule has 1 fully saturated rings. The van der Waals surface area contributed by atoms with Crippen LogP contribution in [0.5, 0.6) is 0 Å². The molecule has 0 spiro atoms. The molecule has 0 atom stereocenters. The largest absolute Gasteiger partial charge is 0.205 e. The van der Waals surface area contributed by atoms with Crippen LogP contribution >= 0.6 is 27.5 Å². The molecule has 0 aliphatic heterocycles. The second-order valence-corrected chi connectivity index (χ2v) is 4.95. The summed E-state index contributed by atoms with van der Waals surface area (Å²) in [5, 5.41) is 0.448. The lowest BCUT2D eigenvalue weighted by molar-refractivity contribution is 0.575. The molecule has 0 saturated heterocycles. The average molecular weight is 278 g/mol. The third kappa shape index (κ3) is 1.82. The molecular weight excluding hydrogens is 266 g/mol. The smallest absolute Gasteiger partial charge is 0.142 e. The summed E-state index contributed by atoms with van der Waals surface area (Å²) in [6.45, 7) is 0. The van der Waals surface area contributed by atoms with Crippen molar-refractivity contribution in [2.24, 2.45) is 0 Å². The van der Waals surface area contributed by atoms with Gasteiger partial charge in [-0.3, -0.25) is 0 Å². The molecule has 1 aliphatic rings. The van der Waals surface area contributed by atoms with E-state index in [0.717, 1.165) is 18.4 Å². The predicted octanol–water partition coefficient (Wildman–Crippen LogP) is 4.90. The van der Waals surface area contributed by atoms with Crippen LogP contribution in [-0.4, -0.2) is 0 Å². The Balaban J connectivity index is 2.38. The van der Waals surface area contributed by atoms with E-state index in [1.165, 1.54) is 12.8 Å². The number of hydrogen-bond acceptors (Lipinski definition) is 0. The predicted molar refractivity (Wildman–Crippen MR) is 60.3 cm³/mol. The van der Waals surface area contributed by atoms with Crippen LogP contribution in [0, 0.1) is 5.82 Å². The molecule has 0 heterocycles. The van der Waals surface area contributed by atoms with Crippen molar-refractivity contribution in [2.45, 2.75) is 31.6 Å². The maximum absolute atomic E-state index is 13.8. The molecule has 1 aromatic rings. The van der Waals surface area contributed by atoms with E-state index < -0.39 is 0 Å². The van der Waals surface area contributed by atoms with Gasteiger partial charge in [0, 0.05) is 0 Å². The molecule has 0 radical (unpaired) electrons. The van der Waals surface area contributed by atoms with Gasteiger partial charge in [0.2, 0.25) is 0 Å². The van der Waals surface area contributed by atoms with Crippen molar-refractivity contribution in [1.82, 2.24) is 0 Å². The van der Waals surface area contributed by atoms with Crippen molar-refractivity contribution in [1.29, 1.82) is 0 Å². The number of benzene rings is 1. The SMILES string of the molecule is Fc1c(C2CCCC2)ccc(Cl)c1Br. The van der Waals surface area contributed by atoms with Crippen molar-refractivity contribution in [3.05, 3.63) is 33.0 Å². The van der Waals surface area contributed by atoms with Gasteiger partial charge >= 0.3 is 0 Å². The molecule has 0 nitrogen and oxygen atoms in total. The monoisotopic (exact) mass is 276 g/mol. The molecule has 2 rings (SSSR count). The first-order valence-corrected chi connectivity index (χ1v) is 6.00. The first kappa shape index (κ1) is 10.4. The Morgan fingerprint density at radius 3 is 2.57 bits per heavy atom. The lowest BCUT2D eigenvalue weighted by atomic mass is 9.97. The van der Waals surface area contributed by atoms with Crippen molar-refractivity contribution < 1.29 is 4.39 Å². The molecule has 1 aromatic carbocycles. The lowest BCUT2D eigenvalue weighted by Gasteiger charge is -2.12. The first-order chi connectivity index (χ1) is 6.70. The minimum Gasteiger partial charge on any atom is -0.205 e.